The second-order valence-corrected chi connectivity index (χ2v) is 6.06. The highest BCUT2D eigenvalue weighted by atomic mass is 127. The number of guanidine groups is 1. The number of fused-ring (bicyclic) bond motifs is 1. The Morgan fingerprint density at radius 1 is 1.15 bits per heavy atom. The van der Waals surface area contributed by atoms with Gasteiger partial charge < -0.3 is 20.3 Å². The van der Waals surface area contributed by atoms with Gasteiger partial charge in [0.15, 0.2) is 17.5 Å². The molecule has 0 atom stereocenters. The van der Waals surface area contributed by atoms with E-state index >= 15 is 0 Å². The van der Waals surface area contributed by atoms with E-state index in [1.807, 2.05) is 6.07 Å². The van der Waals surface area contributed by atoms with Gasteiger partial charge in [0.05, 0.1) is 0 Å². The third kappa shape index (κ3) is 5.59. The van der Waals surface area contributed by atoms with Crippen molar-refractivity contribution in [2.45, 2.75) is 19.5 Å². The normalized spacial score (nSPS) is 11.3. The maximum atomic E-state index is 13.4. The molecule has 0 amide bonds. The van der Waals surface area contributed by atoms with Crippen LogP contribution in [0, 0.1) is 5.82 Å². The van der Waals surface area contributed by atoms with E-state index in [-0.39, 0.29) is 29.7 Å². The molecule has 0 saturated carbocycles. The molecular formula is C20H24FIN4O. The smallest absolute Gasteiger partial charge is 0.191 e. The third-order valence-corrected chi connectivity index (χ3v) is 4.24. The number of rotatable bonds is 6. The average Bonchev–Trinajstić information content (AvgIpc) is 3.07. The van der Waals surface area contributed by atoms with Gasteiger partial charge in [-0.15, -0.1) is 24.0 Å². The molecule has 0 fully saturated rings. The summed E-state index contributed by atoms with van der Waals surface area (Å²) < 4.78 is 15.6. The van der Waals surface area contributed by atoms with Crippen LogP contribution in [-0.2, 0) is 13.1 Å². The SMILES string of the molecule is CN=C(NCCCn1ccc2ccccc21)NCc1ccc(O)c(F)c1.I. The third-order valence-electron chi connectivity index (χ3n) is 4.24. The Hall–Kier alpha value is -2.29. The number of aryl methyl sites for hydroxylation is 1. The van der Waals surface area contributed by atoms with E-state index in [1.165, 1.54) is 23.0 Å². The number of nitrogens with one attached hydrogen (secondary N) is 2. The maximum Gasteiger partial charge on any atom is 0.191 e. The van der Waals surface area contributed by atoms with Crippen LogP contribution in [0.5, 0.6) is 5.75 Å². The van der Waals surface area contributed by atoms with E-state index in [1.54, 1.807) is 13.1 Å². The summed E-state index contributed by atoms with van der Waals surface area (Å²) in [6, 6.07) is 14.8. The molecule has 0 bridgehead atoms. The molecular weight excluding hydrogens is 458 g/mol. The van der Waals surface area contributed by atoms with Gasteiger partial charge in [-0.3, -0.25) is 4.99 Å². The number of aliphatic imine (C=N–C) groups is 1. The minimum absolute atomic E-state index is 0. The lowest BCUT2D eigenvalue weighted by Gasteiger charge is -2.12. The van der Waals surface area contributed by atoms with Gasteiger partial charge >= 0.3 is 0 Å². The summed E-state index contributed by atoms with van der Waals surface area (Å²) in [7, 11) is 1.70. The van der Waals surface area contributed by atoms with E-state index < -0.39 is 5.82 Å². The van der Waals surface area contributed by atoms with Gasteiger partial charge in [0.2, 0.25) is 0 Å². The van der Waals surface area contributed by atoms with Gasteiger partial charge in [-0.2, -0.15) is 0 Å². The minimum Gasteiger partial charge on any atom is -0.505 e. The largest absolute Gasteiger partial charge is 0.505 e. The second-order valence-electron chi connectivity index (χ2n) is 6.06. The van der Waals surface area contributed by atoms with Crippen LogP contribution in [-0.4, -0.2) is 29.2 Å². The number of para-hydroxylation sites is 1. The molecule has 3 N–H and O–H groups in total. The van der Waals surface area contributed by atoms with Crippen molar-refractivity contribution in [3.8, 4) is 5.75 Å². The lowest BCUT2D eigenvalue weighted by atomic mass is 10.2. The van der Waals surface area contributed by atoms with Crippen LogP contribution < -0.4 is 10.6 Å². The summed E-state index contributed by atoms with van der Waals surface area (Å²) in [6.07, 6.45) is 3.06. The molecule has 0 unspecified atom stereocenters. The Morgan fingerprint density at radius 3 is 2.74 bits per heavy atom. The Morgan fingerprint density at radius 2 is 1.96 bits per heavy atom. The van der Waals surface area contributed by atoms with Crippen LogP contribution >= 0.6 is 24.0 Å². The lowest BCUT2D eigenvalue weighted by Crippen LogP contribution is -2.37. The highest BCUT2D eigenvalue weighted by molar-refractivity contribution is 14.0. The fourth-order valence-corrected chi connectivity index (χ4v) is 2.86. The predicted molar refractivity (Wildman–Crippen MR) is 118 cm³/mol. The average molecular weight is 482 g/mol. The molecule has 5 nitrogen and oxygen atoms in total. The predicted octanol–water partition coefficient (Wildman–Crippen LogP) is 3.86. The first-order chi connectivity index (χ1) is 12.7. The standard InChI is InChI=1S/C20H23FN4O.HI/c1-22-20(24-14-15-7-8-19(26)17(21)13-15)23-10-4-11-25-12-9-16-5-2-3-6-18(16)25;/h2-3,5-9,12-13,26H,4,10-11,14H2,1H3,(H2,22,23,24);1H. The van der Waals surface area contributed by atoms with Crippen molar-refractivity contribution < 1.29 is 9.50 Å². The highest BCUT2D eigenvalue weighted by Crippen LogP contribution is 2.16. The number of benzene rings is 2. The minimum atomic E-state index is -0.619. The fraction of sp³-hybridized carbons (Fsp3) is 0.250. The van der Waals surface area contributed by atoms with Crippen LogP contribution in [0.25, 0.3) is 10.9 Å². The number of hydrogen-bond acceptors (Lipinski definition) is 2. The van der Waals surface area contributed by atoms with Crippen LogP contribution in [0.1, 0.15) is 12.0 Å². The van der Waals surface area contributed by atoms with Crippen LogP contribution in [0.2, 0.25) is 0 Å². The number of phenols is 1. The van der Waals surface area contributed by atoms with Crippen LogP contribution in [0.4, 0.5) is 4.39 Å². The van der Waals surface area contributed by atoms with E-state index in [9.17, 15) is 9.50 Å². The lowest BCUT2D eigenvalue weighted by molar-refractivity contribution is 0.431. The van der Waals surface area contributed by atoms with Crippen molar-refractivity contribution in [2.24, 2.45) is 4.99 Å². The summed E-state index contributed by atoms with van der Waals surface area (Å²) >= 11 is 0. The van der Waals surface area contributed by atoms with Crippen LogP contribution in [0.3, 0.4) is 0 Å². The zero-order chi connectivity index (χ0) is 18.4. The number of nitrogens with zero attached hydrogens (tertiary/aromatic N) is 2. The molecule has 1 heterocycles. The molecule has 3 aromatic rings. The number of halogens is 2. The van der Waals surface area contributed by atoms with Crippen molar-refractivity contribution in [3.05, 3.63) is 66.1 Å². The molecule has 0 spiro atoms. The van der Waals surface area contributed by atoms with Crippen molar-refractivity contribution in [2.75, 3.05) is 13.6 Å². The van der Waals surface area contributed by atoms with E-state index in [0.29, 0.717) is 12.5 Å². The summed E-state index contributed by atoms with van der Waals surface area (Å²) in [6.45, 7) is 2.12. The molecule has 0 saturated heterocycles. The van der Waals surface area contributed by atoms with Gasteiger partial charge in [-0.25, -0.2) is 4.39 Å². The molecule has 0 aliphatic heterocycles. The van der Waals surface area contributed by atoms with Gasteiger partial charge in [-0.05, 0) is 41.6 Å². The zero-order valence-electron chi connectivity index (χ0n) is 15.2. The highest BCUT2D eigenvalue weighted by Gasteiger charge is 2.03. The van der Waals surface area contributed by atoms with Crippen molar-refractivity contribution in [1.29, 1.82) is 0 Å². The van der Waals surface area contributed by atoms with Gasteiger partial charge in [0.25, 0.3) is 0 Å². The Labute approximate surface area is 175 Å². The van der Waals surface area contributed by atoms with Gasteiger partial charge in [0.1, 0.15) is 0 Å². The van der Waals surface area contributed by atoms with Crippen molar-refractivity contribution in [3.63, 3.8) is 0 Å². The molecule has 0 aliphatic carbocycles. The maximum absolute atomic E-state index is 13.4. The second kappa shape index (κ2) is 10.1. The molecule has 144 valence electrons. The molecule has 1 aromatic heterocycles. The Balaban J connectivity index is 0.00000261. The molecule has 7 heteroatoms. The van der Waals surface area contributed by atoms with E-state index in [2.05, 4.69) is 50.7 Å². The van der Waals surface area contributed by atoms with E-state index in [0.717, 1.165) is 25.1 Å². The fourth-order valence-electron chi connectivity index (χ4n) is 2.86. The first-order valence-electron chi connectivity index (χ1n) is 8.63. The number of phenolic OH excluding ortho intramolecular Hbond substituents is 1. The number of aromatic nitrogens is 1. The van der Waals surface area contributed by atoms with Crippen LogP contribution in [0.15, 0.2) is 59.7 Å². The first-order valence-corrected chi connectivity index (χ1v) is 8.63. The molecule has 2 aromatic carbocycles. The summed E-state index contributed by atoms with van der Waals surface area (Å²) in [5.74, 6) is -0.296. The quantitative estimate of drug-likeness (QED) is 0.217. The number of hydrogen-bond donors (Lipinski definition) is 3. The van der Waals surface area contributed by atoms with Gasteiger partial charge in [-0.1, -0.05) is 24.3 Å². The Bertz CT molecular complexity index is 910. The summed E-state index contributed by atoms with van der Waals surface area (Å²) in [5, 5.41) is 16.9. The van der Waals surface area contributed by atoms with Crippen molar-refractivity contribution >= 4 is 40.8 Å². The summed E-state index contributed by atoms with van der Waals surface area (Å²) in [5.41, 5.74) is 1.98. The molecule has 0 radical (unpaired) electrons. The van der Waals surface area contributed by atoms with E-state index in [4.69, 9.17) is 0 Å². The van der Waals surface area contributed by atoms with Gasteiger partial charge in [0, 0.05) is 38.4 Å². The molecule has 0 aliphatic rings. The monoisotopic (exact) mass is 482 g/mol. The molecule has 27 heavy (non-hydrogen) atoms. The zero-order valence-corrected chi connectivity index (χ0v) is 17.5. The molecule has 3 rings (SSSR count). The Kier molecular flexibility index (Phi) is 7.90. The first kappa shape index (κ1) is 21.0. The topological polar surface area (TPSA) is 61.6 Å². The summed E-state index contributed by atoms with van der Waals surface area (Å²) in [4.78, 5) is 4.17. The van der Waals surface area contributed by atoms with Crippen molar-refractivity contribution in [1.82, 2.24) is 15.2 Å². The number of aromatic hydroxyl groups is 1.